The van der Waals surface area contributed by atoms with Crippen LogP contribution in [0.1, 0.15) is 31.9 Å². The summed E-state index contributed by atoms with van der Waals surface area (Å²) >= 11 is 0. The lowest BCUT2D eigenvalue weighted by molar-refractivity contribution is -0.153. The van der Waals surface area contributed by atoms with Gasteiger partial charge in [0.05, 0.1) is 0 Å². The van der Waals surface area contributed by atoms with Gasteiger partial charge in [-0.05, 0) is 31.0 Å². The fourth-order valence-corrected chi connectivity index (χ4v) is 4.05. The Labute approximate surface area is 180 Å². The Kier molecular flexibility index (Phi) is 8.20. The van der Waals surface area contributed by atoms with Crippen molar-refractivity contribution < 1.29 is 35.5 Å². The van der Waals surface area contributed by atoms with E-state index in [1.165, 1.54) is 19.9 Å². The molecule has 2 rings (SSSR count). The number of ether oxygens (including phenoxy) is 2. The number of aromatic nitrogens is 2. The molecule has 0 spiro atoms. The predicted octanol–water partition coefficient (Wildman–Crippen LogP) is 2.01. The first-order valence-electron chi connectivity index (χ1n) is 9.24. The van der Waals surface area contributed by atoms with Crippen LogP contribution in [0.25, 0.3) is 0 Å². The van der Waals surface area contributed by atoms with Crippen molar-refractivity contribution in [2.24, 2.45) is 0 Å². The zero-order valence-corrected chi connectivity index (χ0v) is 17.8. The molecule has 0 fully saturated rings. The molecule has 1 aromatic heterocycles. The Morgan fingerprint density at radius 2 is 1.91 bits per heavy atom. The van der Waals surface area contributed by atoms with Gasteiger partial charge in [-0.3, -0.25) is 14.3 Å². The lowest BCUT2D eigenvalue weighted by atomic mass is 10.1. The molecule has 0 aliphatic rings. The second-order valence-electron chi connectivity index (χ2n) is 6.69. The van der Waals surface area contributed by atoms with E-state index in [1.807, 2.05) is 4.98 Å². The molecule has 14 heteroatoms. The number of H-pyrrole nitrogens is 1. The van der Waals surface area contributed by atoms with Gasteiger partial charge in [0.25, 0.3) is 5.56 Å². The normalized spacial score (nSPS) is 14.2. The fourth-order valence-electron chi connectivity index (χ4n) is 2.59. The van der Waals surface area contributed by atoms with Crippen molar-refractivity contribution >= 4 is 10.0 Å². The maximum absolute atomic E-state index is 13.7. The van der Waals surface area contributed by atoms with Crippen LogP contribution in [0.15, 0.2) is 40.1 Å². The molecule has 0 saturated heterocycles. The van der Waals surface area contributed by atoms with Crippen LogP contribution in [0.3, 0.4) is 0 Å². The highest BCUT2D eigenvalue weighted by Gasteiger charge is 2.30. The summed E-state index contributed by atoms with van der Waals surface area (Å²) in [6.45, 7) is 0.751. The van der Waals surface area contributed by atoms with Crippen molar-refractivity contribution in [3.63, 3.8) is 0 Å². The number of nitrogens with one attached hydrogen (secondary N) is 2. The number of sulfonamides is 1. The van der Waals surface area contributed by atoms with Crippen LogP contribution in [0.2, 0.25) is 0 Å². The van der Waals surface area contributed by atoms with Gasteiger partial charge in [0.15, 0.2) is 23.6 Å². The lowest BCUT2D eigenvalue weighted by Gasteiger charge is -2.22. The van der Waals surface area contributed by atoms with Gasteiger partial charge in [0.2, 0.25) is 10.0 Å². The fraction of sp³-hybridized carbons (Fsp3) is 0.444. The van der Waals surface area contributed by atoms with Crippen molar-refractivity contribution in [3.05, 3.63) is 62.7 Å². The molecule has 9 nitrogen and oxygen atoms in total. The molecular formula is C18H21F4N3O6S. The summed E-state index contributed by atoms with van der Waals surface area (Å²) in [5, 5.41) is 0. The van der Waals surface area contributed by atoms with Crippen LogP contribution in [0.5, 0.6) is 5.75 Å². The first kappa shape index (κ1) is 25.5. The lowest BCUT2D eigenvalue weighted by Crippen LogP contribution is -2.38. The van der Waals surface area contributed by atoms with Gasteiger partial charge in [-0.25, -0.2) is 22.3 Å². The maximum Gasteiger partial charge on any atom is 0.422 e. The molecule has 32 heavy (non-hydrogen) atoms. The number of hydrogen-bond donors (Lipinski definition) is 2. The number of alkyl halides is 3. The maximum atomic E-state index is 13.7. The molecule has 0 saturated carbocycles. The zero-order valence-electron chi connectivity index (χ0n) is 17.0. The summed E-state index contributed by atoms with van der Waals surface area (Å²) in [5.74, 6) is -1.71. The van der Waals surface area contributed by atoms with E-state index in [0.29, 0.717) is 0 Å². The Morgan fingerprint density at radius 1 is 1.22 bits per heavy atom. The van der Waals surface area contributed by atoms with Crippen LogP contribution < -0.4 is 20.7 Å². The monoisotopic (exact) mass is 483 g/mol. The summed E-state index contributed by atoms with van der Waals surface area (Å²) < 4.78 is 89.1. The Morgan fingerprint density at radius 3 is 2.50 bits per heavy atom. The molecule has 2 unspecified atom stereocenters. The van der Waals surface area contributed by atoms with Crippen LogP contribution >= 0.6 is 0 Å². The highest BCUT2D eigenvalue weighted by molar-refractivity contribution is 7.89. The van der Waals surface area contributed by atoms with Crippen LogP contribution in [-0.4, -0.2) is 36.2 Å². The number of benzene rings is 1. The van der Waals surface area contributed by atoms with E-state index in [2.05, 4.69) is 9.46 Å². The molecule has 0 aliphatic heterocycles. The zero-order chi connectivity index (χ0) is 24.1. The minimum absolute atomic E-state index is 0.0104. The molecule has 178 valence electrons. The standard InChI is InChI=1S/C18H21F4N3O6S/c1-3-16(31-10-25-7-6-15(26)23-17(25)27)32(28,29)24-11(2)12-4-5-13(19)14(8-12)30-9-18(20,21)22/h4-8,11,16,24H,3,9-10H2,1-2H3,(H,23,26,27). The highest BCUT2D eigenvalue weighted by atomic mass is 32.2. The van der Waals surface area contributed by atoms with Gasteiger partial charge in [0, 0.05) is 18.3 Å². The first-order valence-corrected chi connectivity index (χ1v) is 10.8. The van der Waals surface area contributed by atoms with Gasteiger partial charge in [-0.2, -0.15) is 13.2 Å². The number of rotatable bonds is 10. The summed E-state index contributed by atoms with van der Waals surface area (Å²) in [6.07, 6.45) is -3.55. The van der Waals surface area contributed by atoms with Crippen molar-refractivity contribution in [1.29, 1.82) is 0 Å². The summed E-state index contributed by atoms with van der Waals surface area (Å²) in [5.41, 5.74) is -2.66. The molecule has 2 N–H and O–H groups in total. The summed E-state index contributed by atoms with van der Waals surface area (Å²) in [7, 11) is -4.14. The van der Waals surface area contributed by atoms with Crippen molar-refractivity contribution in [2.45, 2.75) is 44.7 Å². The Balaban J connectivity index is 2.11. The second kappa shape index (κ2) is 10.3. The Hall–Kier alpha value is -2.71. The molecular weight excluding hydrogens is 462 g/mol. The molecule has 0 radical (unpaired) electrons. The number of nitrogens with zero attached hydrogens (tertiary/aromatic N) is 1. The molecule has 1 aromatic carbocycles. The minimum atomic E-state index is -4.67. The predicted molar refractivity (Wildman–Crippen MR) is 105 cm³/mol. The molecule has 0 aliphatic carbocycles. The quantitative estimate of drug-likeness (QED) is 0.499. The molecule has 2 atom stereocenters. The molecule has 1 heterocycles. The third-order valence-electron chi connectivity index (χ3n) is 4.16. The number of hydrogen-bond acceptors (Lipinski definition) is 6. The van der Waals surface area contributed by atoms with Crippen LogP contribution in [-0.2, 0) is 21.5 Å². The van der Waals surface area contributed by atoms with E-state index < -0.39 is 63.8 Å². The van der Waals surface area contributed by atoms with E-state index >= 15 is 0 Å². The van der Waals surface area contributed by atoms with Crippen LogP contribution in [0, 0.1) is 5.82 Å². The first-order chi connectivity index (χ1) is 14.8. The minimum Gasteiger partial charge on any atom is -0.481 e. The van der Waals surface area contributed by atoms with Crippen LogP contribution in [0.4, 0.5) is 17.6 Å². The topological polar surface area (TPSA) is 119 Å². The SMILES string of the molecule is CCC(OCn1ccc(=O)[nH]c1=O)S(=O)(=O)NC(C)c1ccc(F)c(OCC(F)(F)F)c1. The highest BCUT2D eigenvalue weighted by Crippen LogP contribution is 2.26. The van der Waals surface area contributed by atoms with Gasteiger partial charge >= 0.3 is 11.9 Å². The van der Waals surface area contributed by atoms with Crippen molar-refractivity contribution in [2.75, 3.05) is 6.61 Å². The van der Waals surface area contributed by atoms with Crippen molar-refractivity contribution in [1.82, 2.24) is 14.3 Å². The summed E-state index contributed by atoms with van der Waals surface area (Å²) in [4.78, 5) is 24.8. The number of aromatic amines is 1. The molecule has 0 bridgehead atoms. The van der Waals surface area contributed by atoms with Crippen molar-refractivity contribution in [3.8, 4) is 5.75 Å². The van der Waals surface area contributed by atoms with Gasteiger partial charge in [-0.1, -0.05) is 13.0 Å². The van der Waals surface area contributed by atoms with E-state index in [0.717, 1.165) is 29.0 Å². The second-order valence-corrected chi connectivity index (χ2v) is 8.54. The third-order valence-corrected chi connectivity index (χ3v) is 6.01. The van der Waals surface area contributed by atoms with Gasteiger partial charge in [-0.15, -0.1) is 0 Å². The third kappa shape index (κ3) is 7.17. The van der Waals surface area contributed by atoms with E-state index in [4.69, 9.17) is 4.74 Å². The van der Waals surface area contributed by atoms with E-state index in [9.17, 15) is 35.6 Å². The van der Waals surface area contributed by atoms with E-state index in [-0.39, 0.29) is 12.0 Å². The van der Waals surface area contributed by atoms with E-state index in [1.54, 1.807) is 0 Å². The molecule has 0 amide bonds. The van der Waals surface area contributed by atoms with Gasteiger partial charge < -0.3 is 9.47 Å². The summed E-state index contributed by atoms with van der Waals surface area (Å²) in [6, 6.07) is 3.12. The smallest absolute Gasteiger partial charge is 0.422 e. The average molecular weight is 483 g/mol. The largest absolute Gasteiger partial charge is 0.481 e. The average Bonchev–Trinajstić information content (AvgIpc) is 2.68. The van der Waals surface area contributed by atoms with Gasteiger partial charge in [0.1, 0.15) is 6.73 Å². The Bertz CT molecular complexity index is 1150. The molecule has 2 aromatic rings. The number of halogens is 4.